The van der Waals surface area contributed by atoms with Crippen LogP contribution in [0.5, 0.6) is 0 Å². The maximum absolute atomic E-state index is 12.9. The molecular weight excluding hydrogens is 252 g/mol. The first-order chi connectivity index (χ1) is 9.59. The molecule has 0 spiro atoms. The summed E-state index contributed by atoms with van der Waals surface area (Å²) < 4.78 is 0. The van der Waals surface area contributed by atoms with Crippen LogP contribution in [-0.4, -0.2) is 46.8 Å². The minimum absolute atomic E-state index is 0.165. The van der Waals surface area contributed by atoms with Gasteiger partial charge in [0.15, 0.2) is 0 Å². The van der Waals surface area contributed by atoms with Crippen molar-refractivity contribution in [2.45, 2.75) is 64.5 Å². The topological polar surface area (TPSA) is 40.6 Å². The predicted molar refractivity (Wildman–Crippen MR) is 77.0 cm³/mol. The first-order valence-corrected chi connectivity index (χ1v) is 8.19. The van der Waals surface area contributed by atoms with Crippen molar-refractivity contribution in [3.63, 3.8) is 0 Å². The van der Waals surface area contributed by atoms with Crippen molar-refractivity contribution < 1.29 is 9.59 Å². The minimum Gasteiger partial charge on any atom is -0.337 e. The van der Waals surface area contributed by atoms with Gasteiger partial charge in [0.05, 0.1) is 0 Å². The van der Waals surface area contributed by atoms with Crippen LogP contribution in [0.2, 0.25) is 0 Å². The highest BCUT2D eigenvalue weighted by atomic mass is 16.2. The Morgan fingerprint density at radius 1 is 0.950 bits per heavy atom. The first-order valence-electron chi connectivity index (χ1n) is 8.19. The molecule has 3 rings (SSSR count). The number of piperidine rings is 1. The molecule has 1 aliphatic carbocycles. The molecular formula is C16H26N2O2. The summed E-state index contributed by atoms with van der Waals surface area (Å²) in [7, 11) is 0. The quantitative estimate of drug-likeness (QED) is 0.736. The molecule has 2 amide bonds. The summed E-state index contributed by atoms with van der Waals surface area (Å²) in [6.07, 6.45) is 5.81. The molecule has 2 saturated heterocycles. The fourth-order valence-corrected chi connectivity index (χ4v) is 4.26. The van der Waals surface area contributed by atoms with Crippen molar-refractivity contribution in [1.82, 2.24) is 9.80 Å². The molecule has 4 atom stereocenters. The number of carbonyl (C=O) groups is 2. The molecule has 20 heavy (non-hydrogen) atoms. The summed E-state index contributed by atoms with van der Waals surface area (Å²) in [5, 5.41) is 0. The summed E-state index contributed by atoms with van der Waals surface area (Å²) in [4.78, 5) is 29.1. The average molecular weight is 278 g/mol. The van der Waals surface area contributed by atoms with Crippen LogP contribution in [-0.2, 0) is 9.59 Å². The maximum Gasteiger partial charge on any atom is 0.245 e. The molecule has 0 bridgehead atoms. The van der Waals surface area contributed by atoms with E-state index in [1.165, 1.54) is 6.42 Å². The molecule has 3 aliphatic rings. The van der Waals surface area contributed by atoms with E-state index in [-0.39, 0.29) is 17.9 Å². The number of nitrogens with zero attached hydrogens (tertiary/aromatic N) is 2. The predicted octanol–water partition coefficient (Wildman–Crippen LogP) is 2.03. The van der Waals surface area contributed by atoms with Crippen LogP contribution in [0.1, 0.15) is 52.4 Å². The molecule has 4 heteroatoms. The van der Waals surface area contributed by atoms with Gasteiger partial charge in [-0.15, -0.1) is 0 Å². The van der Waals surface area contributed by atoms with E-state index < -0.39 is 0 Å². The Labute approximate surface area is 121 Å². The van der Waals surface area contributed by atoms with E-state index in [0.717, 1.165) is 32.2 Å². The molecule has 2 heterocycles. The fraction of sp³-hybridized carbons (Fsp3) is 0.875. The van der Waals surface area contributed by atoms with E-state index in [2.05, 4.69) is 18.7 Å². The van der Waals surface area contributed by atoms with E-state index in [1.807, 2.05) is 4.90 Å². The molecule has 1 saturated carbocycles. The summed E-state index contributed by atoms with van der Waals surface area (Å²) in [5.41, 5.74) is 0. The smallest absolute Gasteiger partial charge is 0.245 e. The second-order valence-corrected chi connectivity index (χ2v) is 6.86. The van der Waals surface area contributed by atoms with Crippen molar-refractivity contribution in [3.8, 4) is 0 Å². The molecule has 0 aromatic carbocycles. The van der Waals surface area contributed by atoms with Gasteiger partial charge in [-0.3, -0.25) is 9.59 Å². The van der Waals surface area contributed by atoms with Crippen LogP contribution in [0.4, 0.5) is 0 Å². The normalized spacial score (nSPS) is 38.9. The van der Waals surface area contributed by atoms with Crippen molar-refractivity contribution in [3.05, 3.63) is 0 Å². The van der Waals surface area contributed by atoms with E-state index in [9.17, 15) is 9.59 Å². The van der Waals surface area contributed by atoms with Gasteiger partial charge in [-0.25, -0.2) is 0 Å². The van der Waals surface area contributed by atoms with Crippen LogP contribution in [0, 0.1) is 11.8 Å². The van der Waals surface area contributed by atoms with Gasteiger partial charge in [0.2, 0.25) is 11.8 Å². The molecule has 0 aromatic rings. The number of hydrogen-bond donors (Lipinski definition) is 0. The highest BCUT2D eigenvalue weighted by molar-refractivity contribution is 5.90. The Balaban J connectivity index is 1.82. The highest BCUT2D eigenvalue weighted by Crippen LogP contribution is 2.36. The van der Waals surface area contributed by atoms with Gasteiger partial charge < -0.3 is 9.80 Å². The third-order valence-electron chi connectivity index (χ3n) is 5.78. The van der Waals surface area contributed by atoms with Gasteiger partial charge in [-0.05, 0) is 43.9 Å². The standard InChI is InChI=1S/C16H26N2O2/c1-11-6-7-13(12(11)2)18-10-8-15(19)17-9-4-3-5-14(17)16(18)20/h11-14H,3-10H2,1-2H3. The SMILES string of the molecule is CC1CCC(N2CCC(=O)N3CCCCC3C2=O)C1C. The lowest BCUT2D eigenvalue weighted by Gasteiger charge is -2.37. The zero-order valence-electron chi connectivity index (χ0n) is 12.7. The van der Waals surface area contributed by atoms with Crippen molar-refractivity contribution in [1.29, 1.82) is 0 Å². The van der Waals surface area contributed by atoms with Crippen molar-refractivity contribution >= 4 is 11.8 Å². The molecule has 0 radical (unpaired) electrons. The molecule has 4 unspecified atom stereocenters. The van der Waals surface area contributed by atoms with Crippen LogP contribution < -0.4 is 0 Å². The zero-order valence-corrected chi connectivity index (χ0v) is 12.7. The summed E-state index contributed by atoms with van der Waals surface area (Å²) in [5.74, 6) is 1.66. The highest BCUT2D eigenvalue weighted by Gasteiger charge is 2.43. The monoisotopic (exact) mass is 278 g/mol. The Morgan fingerprint density at radius 2 is 1.75 bits per heavy atom. The number of carbonyl (C=O) groups excluding carboxylic acids is 2. The Morgan fingerprint density at radius 3 is 2.45 bits per heavy atom. The third-order valence-corrected chi connectivity index (χ3v) is 5.78. The van der Waals surface area contributed by atoms with Crippen LogP contribution in [0.15, 0.2) is 0 Å². The Kier molecular flexibility index (Phi) is 3.74. The lowest BCUT2D eigenvalue weighted by Crippen LogP contribution is -2.52. The largest absolute Gasteiger partial charge is 0.337 e. The second-order valence-electron chi connectivity index (χ2n) is 6.86. The van der Waals surface area contributed by atoms with E-state index in [4.69, 9.17) is 0 Å². The van der Waals surface area contributed by atoms with Crippen LogP contribution >= 0.6 is 0 Å². The van der Waals surface area contributed by atoms with E-state index >= 15 is 0 Å². The number of rotatable bonds is 1. The van der Waals surface area contributed by atoms with Gasteiger partial charge in [0, 0.05) is 25.6 Å². The maximum atomic E-state index is 12.9. The molecule has 112 valence electrons. The van der Waals surface area contributed by atoms with Crippen LogP contribution in [0.3, 0.4) is 0 Å². The van der Waals surface area contributed by atoms with E-state index in [0.29, 0.717) is 30.8 Å². The molecule has 2 aliphatic heterocycles. The zero-order chi connectivity index (χ0) is 14.3. The molecule has 0 N–H and O–H groups in total. The van der Waals surface area contributed by atoms with Gasteiger partial charge in [-0.2, -0.15) is 0 Å². The van der Waals surface area contributed by atoms with Gasteiger partial charge in [0.25, 0.3) is 0 Å². The number of hydrogen-bond acceptors (Lipinski definition) is 2. The van der Waals surface area contributed by atoms with E-state index in [1.54, 1.807) is 0 Å². The van der Waals surface area contributed by atoms with Gasteiger partial charge >= 0.3 is 0 Å². The van der Waals surface area contributed by atoms with Gasteiger partial charge in [0.1, 0.15) is 6.04 Å². The van der Waals surface area contributed by atoms with Crippen LogP contribution in [0.25, 0.3) is 0 Å². The molecule has 4 nitrogen and oxygen atoms in total. The minimum atomic E-state index is -0.165. The summed E-state index contributed by atoms with van der Waals surface area (Å²) in [6.45, 7) is 5.96. The first kappa shape index (κ1) is 13.9. The average Bonchev–Trinajstić information content (AvgIpc) is 2.73. The molecule has 3 fully saturated rings. The fourth-order valence-electron chi connectivity index (χ4n) is 4.26. The van der Waals surface area contributed by atoms with Crippen molar-refractivity contribution in [2.75, 3.05) is 13.1 Å². The second kappa shape index (κ2) is 5.38. The number of fused-ring (bicyclic) bond motifs is 1. The Hall–Kier alpha value is -1.06. The summed E-state index contributed by atoms with van der Waals surface area (Å²) in [6, 6.07) is 0.189. The number of amides is 2. The lowest BCUT2D eigenvalue weighted by molar-refractivity contribution is -0.144. The van der Waals surface area contributed by atoms with Gasteiger partial charge in [-0.1, -0.05) is 13.8 Å². The third kappa shape index (κ3) is 2.23. The lowest BCUT2D eigenvalue weighted by atomic mass is 9.95. The molecule has 0 aromatic heterocycles. The Bertz CT molecular complexity index is 409. The van der Waals surface area contributed by atoms with Crippen molar-refractivity contribution in [2.24, 2.45) is 11.8 Å². The summed E-state index contributed by atoms with van der Waals surface area (Å²) >= 11 is 0.